The van der Waals surface area contributed by atoms with Crippen LogP contribution in [0.1, 0.15) is 88.8 Å². The maximum atomic E-state index is 12.3. The van der Waals surface area contributed by atoms with Gasteiger partial charge in [-0.3, -0.25) is 0 Å². The predicted molar refractivity (Wildman–Crippen MR) is 131 cm³/mol. The quantitative estimate of drug-likeness (QED) is 0.414. The van der Waals surface area contributed by atoms with Crippen molar-refractivity contribution in [2.75, 3.05) is 0 Å². The highest BCUT2D eigenvalue weighted by molar-refractivity contribution is 6.04. The number of benzene rings is 3. The van der Waals surface area contributed by atoms with Crippen molar-refractivity contribution in [3.63, 3.8) is 0 Å². The molecule has 3 aromatic carbocycles. The summed E-state index contributed by atoms with van der Waals surface area (Å²) in [6, 6.07) is 16.3. The van der Waals surface area contributed by atoms with Gasteiger partial charge in [-0.1, -0.05) is 69.2 Å². The van der Waals surface area contributed by atoms with E-state index in [-0.39, 0.29) is 17.0 Å². The normalized spacial score (nSPS) is 14.1. The molecule has 1 saturated carbocycles. The molecule has 0 aliphatic heterocycles. The first-order valence-corrected chi connectivity index (χ1v) is 11.6. The first-order chi connectivity index (χ1) is 15.8. The predicted octanol–water partition coefficient (Wildman–Crippen LogP) is 7.51. The van der Waals surface area contributed by atoms with Crippen LogP contribution in [-0.2, 0) is 0 Å². The molecule has 1 aliphatic carbocycles. The van der Waals surface area contributed by atoms with Gasteiger partial charge >= 0.3 is 11.9 Å². The van der Waals surface area contributed by atoms with Crippen LogP contribution >= 0.6 is 0 Å². The molecule has 0 unspecified atom stereocenters. The van der Waals surface area contributed by atoms with Crippen LogP contribution in [0, 0.1) is 6.92 Å². The van der Waals surface area contributed by atoms with Gasteiger partial charge in [-0.2, -0.15) is 0 Å². The van der Waals surface area contributed by atoms with E-state index in [1.807, 2.05) is 31.2 Å². The maximum Gasteiger partial charge on any atom is 0.336 e. The Morgan fingerprint density at radius 3 is 1.79 bits per heavy atom. The van der Waals surface area contributed by atoms with Crippen molar-refractivity contribution < 1.29 is 19.8 Å². The Hall–Kier alpha value is -3.40. The van der Waals surface area contributed by atoms with E-state index < -0.39 is 11.9 Å². The zero-order valence-electron chi connectivity index (χ0n) is 19.4. The molecule has 0 amide bonds. The Kier molecular flexibility index (Phi) is 6.37. The van der Waals surface area contributed by atoms with Gasteiger partial charge in [-0.25, -0.2) is 9.59 Å². The van der Waals surface area contributed by atoms with Gasteiger partial charge in [-0.05, 0) is 82.7 Å². The maximum absolute atomic E-state index is 12.3. The Morgan fingerprint density at radius 2 is 1.30 bits per heavy atom. The Bertz CT molecular complexity index is 1220. The molecule has 0 heterocycles. The monoisotopic (exact) mass is 442 g/mol. The van der Waals surface area contributed by atoms with E-state index in [0.29, 0.717) is 17.0 Å². The summed E-state index contributed by atoms with van der Waals surface area (Å²) in [6.45, 7) is 6.35. The first kappa shape index (κ1) is 22.8. The molecule has 1 aliphatic rings. The highest BCUT2D eigenvalue weighted by Gasteiger charge is 2.30. The second kappa shape index (κ2) is 9.22. The molecule has 2 N–H and O–H groups in total. The number of aryl methyl sites for hydroxylation is 1. The summed E-state index contributed by atoms with van der Waals surface area (Å²) in [4.78, 5) is 24.4. The van der Waals surface area contributed by atoms with Crippen LogP contribution in [0.15, 0.2) is 54.6 Å². The lowest BCUT2D eigenvalue weighted by molar-refractivity contribution is 0.0686. The van der Waals surface area contributed by atoms with Crippen molar-refractivity contribution in [3.8, 4) is 22.3 Å². The minimum atomic E-state index is -0.988. The number of carboxylic acids is 2. The van der Waals surface area contributed by atoms with Gasteiger partial charge in [0.05, 0.1) is 11.1 Å². The van der Waals surface area contributed by atoms with Crippen LogP contribution < -0.4 is 0 Å². The number of hydrogen-bond donors (Lipinski definition) is 2. The van der Waals surface area contributed by atoms with Gasteiger partial charge in [0.15, 0.2) is 0 Å². The molecular formula is C29H30O4. The molecule has 0 aromatic heterocycles. The summed E-state index contributed by atoms with van der Waals surface area (Å²) >= 11 is 0. The lowest BCUT2D eigenvalue weighted by atomic mass is 9.76. The third kappa shape index (κ3) is 4.18. The van der Waals surface area contributed by atoms with E-state index in [0.717, 1.165) is 42.4 Å². The molecule has 0 bridgehead atoms. The molecule has 4 rings (SSSR count). The number of hydrogen-bond acceptors (Lipinski definition) is 2. The number of aromatic carboxylic acids is 2. The lowest BCUT2D eigenvalue weighted by Crippen LogP contribution is -2.10. The van der Waals surface area contributed by atoms with Crippen molar-refractivity contribution in [1.82, 2.24) is 0 Å². The minimum absolute atomic E-state index is 0.226. The van der Waals surface area contributed by atoms with E-state index in [1.54, 1.807) is 24.3 Å². The zero-order chi connectivity index (χ0) is 23.7. The highest BCUT2D eigenvalue weighted by Crippen LogP contribution is 2.49. The topological polar surface area (TPSA) is 74.6 Å². The van der Waals surface area contributed by atoms with Gasteiger partial charge in [-0.15, -0.1) is 0 Å². The van der Waals surface area contributed by atoms with Crippen LogP contribution in [0.2, 0.25) is 0 Å². The molecule has 1 fully saturated rings. The fraction of sp³-hybridized carbons (Fsp3) is 0.310. The van der Waals surface area contributed by atoms with Gasteiger partial charge in [0.1, 0.15) is 0 Å². The number of rotatable bonds is 6. The van der Waals surface area contributed by atoms with Crippen LogP contribution in [0.3, 0.4) is 0 Å². The van der Waals surface area contributed by atoms with Crippen LogP contribution in [0.25, 0.3) is 22.3 Å². The smallest absolute Gasteiger partial charge is 0.336 e. The third-order valence-corrected chi connectivity index (χ3v) is 6.84. The number of carboxylic acid groups (broad SMARTS) is 2. The summed E-state index contributed by atoms with van der Waals surface area (Å²) in [5.74, 6) is -1.37. The Balaban J connectivity index is 2.20. The molecule has 0 atom stereocenters. The lowest BCUT2D eigenvalue weighted by Gasteiger charge is -2.28. The summed E-state index contributed by atoms with van der Waals surface area (Å²) < 4.78 is 0. The summed E-state index contributed by atoms with van der Waals surface area (Å²) in [5.41, 5.74) is 6.85. The molecule has 33 heavy (non-hydrogen) atoms. The van der Waals surface area contributed by atoms with Crippen molar-refractivity contribution in [1.29, 1.82) is 0 Å². The summed E-state index contributed by atoms with van der Waals surface area (Å²) in [6.07, 6.45) is 4.42. The van der Waals surface area contributed by atoms with Crippen molar-refractivity contribution in [2.45, 2.75) is 58.3 Å². The van der Waals surface area contributed by atoms with Gasteiger partial charge in [0, 0.05) is 0 Å². The average Bonchev–Trinajstić information content (AvgIpc) is 3.32. The van der Waals surface area contributed by atoms with E-state index in [9.17, 15) is 19.8 Å². The molecule has 170 valence electrons. The van der Waals surface area contributed by atoms with E-state index in [2.05, 4.69) is 19.9 Å². The standard InChI is InChI=1S/C29H30O4/c1-17(2)24-16-18(3)25(20-12-6-8-14-22(20)28(30)31)27(26(24)19-10-4-5-11-19)21-13-7-9-15-23(21)29(32)33/h6-9,12-17,19H,4-5,10-11H2,1-3H3,(H,30,31)(H,32,33). The molecule has 0 spiro atoms. The molecule has 4 nitrogen and oxygen atoms in total. The van der Waals surface area contributed by atoms with Crippen molar-refractivity contribution >= 4 is 11.9 Å². The van der Waals surface area contributed by atoms with E-state index in [1.165, 1.54) is 11.1 Å². The fourth-order valence-electron chi connectivity index (χ4n) is 5.39. The SMILES string of the molecule is Cc1cc(C(C)C)c(C2CCCC2)c(-c2ccccc2C(=O)O)c1-c1ccccc1C(=O)O. The van der Waals surface area contributed by atoms with E-state index in [4.69, 9.17) is 0 Å². The van der Waals surface area contributed by atoms with Crippen LogP contribution in [-0.4, -0.2) is 22.2 Å². The largest absolute Gasteiger partial charge is 0.478 e. The second-order valence-electron chi connectivity index (χ2n) is 9.28. The molecule has 3 aromatic rings. The molecule has 0 saturated heterocycles. The minimum Gasteiger partial charge on any atom is -0.478 e. The molecule has 0 radical (unpaired) electrons. The second-order valence-corrected chi connectivity index (χ2v) is 9.28. The van der Waals surface area contributed by atoms with Gasteiger partial charge < -0.3 is 10.2 Å². The summed E-state index contributed by atoms with van der Waals surface area (Å²) in [5, 5.41) is 20.0. The Morgan fingerprint density at radius 1 is 0.818 bits per heavy atom. The Labute approximate surface area is 194 Å². The first-order valence-electron chi connectivity index (χ1n) is 11.6. The van der Waals surface area contributed by atoms with Crippen molar-refractivity contribution in [3.05, 3.63) is 82.4 Å². The molecular weight excluding hydrogens is 412 g/mol. The van der Waals surface area contributed by atoms with Crippen LogP contribution in [0.5, 0.6) is 0 Å². The van der Waals surface area contributed by atoms with Gasteiger partial charge in [0.2, 0.25) is 0 Å². The van der Waals surface area contributed by atoms with E-state index >= 15 is 0 Å². The highest BCUT2D eigenvalue weighted by atomic mass is 16.4. The van der Waals surface area contributed by atoms with Crippen LogP contribution in [0.4, 0.5) is 0 Å². The van der Waals surface area contributed by atoms with Gasteiger partial charge in [0.25, 0.3) is 0 Å². The average molecular weight is 443 g/mol. The third-order valence-electron chi connectivity index (χ3n) is 6.84. The fourth-order valence-corrected chi connectivity index (χ4v) is 5.39. The van der Waals surface area contributed by atoms with Crippen molar-refractivity contribution in [2.24, 2.45) is 0 Å². The molecule has 4 heteroatoms. The zero-order valence-corrected chi connectivity index (χ0v) is 19.4. The number of carbonyl (C=O) groups is 2. The summed E-state index contributed by atoms with van der Waals surface area (Å²) in [7, 11) is 0.